The van der Waals surface area contributed by atoms with E-state index in [9.17, 15) is 9.59 Å². The zero-order chi connectivity index (χ0) is 14.9. The molecule has 1 aliphatic heterocycles. The summed E-state index contributed by atoms with van der Waals surface area (Å²) in [6.07, 6.45) is 0.426. The number of nitrogens with zero attached hydrogens (tertiary/aromatic N) is 2. The lowest BCUT2D eigenvalue weighted by Gasteiger charge is -2.31. The highest BCUT2D eigenvalue weighted by Gasteiger charge is 2.27. The van der Waals surface area contributed by atoms with Crippen LogP contribution in [0.2, 0.25) is 0 Å². The molecule has 0 fully saturated rings. The molecule has 1 aromatic rings. The zero-order valence-electron chi connectivity index (χ0n) is 12.7. The quantitative estimate of drug-likeness (QED) is 0.849. The van der Waals surface area contributed by atoms with Gasteiger partial charge in [-0.3, -0.25) is 9.59 Å². The lowest BCUT2D eigenvalue weighted by atomic mass is 9.96. The van der Waals surface area contributed by atoms with Crippen LogP contribution in [-0.4, -0.2) is 31.3 Å². The maximum atomic E-state index is 11.9. The van der Waals surface area contributed by atoms with Crippen molar-refractivity contribution in [3.05, 3.63) is 23.3 Å². The van der Waals surface area contributed by atoms with Gasteiger partial charge in [-0.25, -0.2) is 0 Å². The van der Waals surface area contributed by atoms with Gasteiger partial charge in [-0.15, -0.1) is 0 Å². The molecule has 0 aliphatic carbocycles. The molecule has 0 unspecified atom stereocenters. The number of Topliss-reactive ketones (excluding diaryl/α,β-unsaturated/α-hetero) is 1. The van der Waals surface area contributed by atoms with Crippen LogP contribution >= 0.6 is 0 Å². The van der Waals surface area contributed by atoms with E-state index < -0.39 is 0 Å². The smallest absolute Gasteiger partial charge is 0.224 e. The number of ketones is 1. The minimum atomic E-state index is -0.0713. The highest BCUT2D eigenvalue weighted by Crippen LogP contribution is 2.33. The number of amides is 1. The number of rotatable bonds is 3. The molecule has 0 saturated heterocycles. The van der Waals surface area contributed by atoms with Gasteiger partial charge in [0.1, 0.15) is 0 Å². The first-order valence-corrected chi connectivity index (χ1v) is 7.16. The Bertz CT molecular complexity index is 548. The van der Waals surface area contributed by atoms with Crippen molar-refractivity contribution in [1.29, 1.82) is 0 Å². The van der Waals surface area contributed by atoms with Gasteiger partial charge in [0.2, 0.25) is 5.91 Å². The van der Waals surface area contributed by atoms with Gasteiger partial charge in [-0.05, 0) is 44.0 Å². The van der Waals surface area contributed by atoms with E-state index in [0.717, 1.165) is 35.6 Å². The Morgan fingerprint density at radius 2 is 1.95 bits per heavy atom. The van der Waals surface area contributed by atoms with Crippen molar-refractivity contribution in [2.75, 3.05) is 29.4 Å². The molecular formula is C16H22N2O2. The minimum absolute atomic E-state index is 0.0713. The Hall–Kier alpha value is -1.84. The summed E-state index contributed by atoms with van der Waals surface area (Å²) in [5, 5.41) is 0. The van der Waals surface area contributed by atoms with E-state index in [1.54, 1.807) is 4.90 Å². The number of anilines is 2. The van der Waals surface area contributed by atoms with Crippen LogP contribution in [0.3, 0.4) is 0 Å². The Morgan fingerprint density at radius 1 is 1.30 bits per heavy atom. The average Bonchev–Trinajstić information content (AvgIpc) is 2.38. The van der Waals surface area contributed by atoms with E-state index >= 15 is 0 Å². The molecule has 20 heavy (non-hydrogen) atoms. The number of aryl methyl sites for hydroxylation is 1. The Balaban J connectivity index is 2.53. The summed E-state index contributed by atoms with van der Waals surface area (Å²) in [5.74, 6) is 0.0294. The summed E-state index contributed by atoms with van der Waals surface area (Å²) in [6.45, 7) is 9.82. The second kappa shape index (κ2) is 5.65. The van der Waals surface area contributed by atoms with Gasteiger partial charge < -0.3 is 9.80 Å². The van der Waals surface area contributed by atoms with Crippen molar-refractivity contribution in [2.24, 2.45) is 0 Å². The van der Waals surface area contributed by atoms with Crippen molar-refractivity contribution in [1.82, 2.24) is 0 Å². The molecule has 4 heteroatoms. The van der Waals surface area contributed by atoms with Crippen LogP contribution in [0.1, 0.15) is 31.9 Å². The predicted molar refractivity (Wildman–Crippen MR) is 81.5 cm³/mol. The number of carbonyl (C=O) groups is 2. The Morgan fingerprint density at radius 3 is 2.50 bits per heavy atom. The summed E-state index contributed by atoms with van der Waals surface area (Å²) in [5.41, 5.74) is 4.09. The molecule has 0 atom stereocenters. The summed E-state index contributed by atoms with van der Waals surface area (Å²) >= 11 is 0. The molecule has 0 bridgehead atoms. The number of hydrogen-bond acceptors (Lipinski definition) is 3. The van der Waals surface area contributed by atoms with E-state index in [2.05, 4.69) is 30.9 Å². The van der Waals surface area contributed by atoms with E-state index in [1.807, 2.05) is 6.92 Å². The van der Waals surface area contributed by atoms with Gasteiger partial charge in [0.25, 0.3) is 0 Å². The standard InChI is InChI=1S/C16H22N2O2/c1-5-17(6-2)14-7-11(3)16-13(8-14)9-15(20)10-18(16)12(4)19/h7-8H,5-6,9-10H2,1-4H3. The lowest BCUT2D eigenvalue weighted by Crippen LogP contribution is -2.39. The topological polar surface area (TPSA) is 40.6 Å². The van der Waals surface area contributed by atoms with Gasteiger partial charge in [-0.2, -0.15) is 0 Å². The first kappa shape index (κ1) is 14.6. The highest BCUT2D eigenvalue weighted by atomic mass is 16.2. The fraction of sp³-hybridized carbons (Fsp3) is 0.500. The third kappa shape index (κ3) is 2.55. The van der Waals surface area contributed by atoms with Crippen LogP contribution in [0.5, 0.6) is 0 Å². The van der Waals surface area contributed by atoms with Gasteiger partial charge >= 0.3 is 0 Å². The van der Waals surface area contributed by atoms with Crippen LogP contribution in [0.25, 0.3) is 0 Å². The molecule has 0 saturated carbocycles. The molecular weight excluding hydrogens is 252 g/mol. The van der Waals surface area contributed by atoms with E-state index in [-0.39, 0.29) is 18.2 Å². The number of fused-ring (bicyclic) bond motifs is 1. The van der Waals surface area contributed by atoms with Crippen molar-refractivity contribution in [3.63, 3.8) is 0 Å². The van der Waals surface area contributed by atoms with Crippen molar-refractivity contribution in [2.45, 2.75) is 34.1 Å². The summed E-state index contributed by atoms with van der Waals surface area (Å²) in [4.78, 5) is 27.5. The third-order valence-electron chi connectivity index (χ3n) is 3.86. The van der Waals surface area contributed by atoms with Crippen LogP contribution in [0.4, 0.5) is 11.4 Å². The molecule has 0 aromatic heterocycles. The van der Waals surface area contributed by atoms with E-state index in [4.69, 9.17) is 0 Å². The molecule has 0 N–H and O–H groups in total. The number of benzene rings is 1. The Labute approximate surface area is 120 Å². The maximum absolute atomic E-state index is 11.9. The minimum Gasteiger partial charge on any atom is -0.372 e. The molecule has 2 rings (SSSR count). The molecule has 1 aromatic carbocycles. The van der Waals surface area contributed by atoms with Crippen LogP contribution in [0.15, 0.2) is 12.1 Å². The predicted octanol–water partition coefficient (Wildman–Crippen LogP) is 2.32. The number of hydrogen-bond donors (Lipinski definition) is 0. The summed E-state index contributed by atoms with van der Waals surface area (Å²) in [6, 6.07) is 4.17. The van der Waals surface area contributed by atoms with E-state index in [0.29, 0.717) is 6.42 Å². The normalized spacial score (nSPS) is 14.2. The maximum Gasteiger partial charge on any atom is 0.224 e. The third-order valence-corrected chi connectivity index (χ3v) is 3.86. The molecule has 108 valence electrons. The molecule has 0 radical (unpaired) electrons. The van der Waals surface area contributed by atoms with Gasteiger partial charge in [0, 0.05) is 32.1 Å². The second-order valence-electron chi connectivity index (χ2n) is 5.26. The zero-order valence-corrected chi connectivity index (χ0v) is 12.7. The fourth-order valence-corrected chi connectivity index (χ4v) is 2.92. The molecule has 1 amide bonds. The van der Waals surface area contributed by atoms with Crippen LogP contribution in [0, 0.1) is 6.92 Å². The van der Waals surface area contributed by atoms with Crippen molar-refractivity contribution in [3.8, 4) is 0 Å². The number of carbonyl (C=O) groups excluding carboxylic acids is 2. The Kier molecular flexibility index (Phi) is 4.12. The highest BCUT2D eigenvalue weighted by molar-refractivity contribution is 6.03. The molecule has 0 spiro atoms. The largest absolute Gasteiger partial charge is 0.372 e. The average molecular weight is 274 g/mol. The first-order chi connectivity index (χ1) is 9.47. The second-order valence-corrected chi connectivity index (χ2v) is 5.26. The lowest BCUT2D eigenvalue weighted by molar-refractivity contribution is -0.121. The fourth-order valence-electron chi connectivity index (χ4n) is 2.92. The molecule has 1 aliphatic rings. The van der Waals surface area contributed by atoms with Gasteiger partial charge in [0.15, 0.2) is 5.78 Å². The van der Waals surface area contributed by atoms with Crippen LogP contribution < -0.4 is 9.80 Å². The van der Waals surface area contributed by atoms with E-state index in [1.165, 1.54) is 6.92 Å². The monoisotopic (exact) mass is 274 g/mol. The first-order valence-electron chi connectivity index (χ1n) is 7.16. The SMILES string of the molecule is CCN(CC)c1cc(C)c2c(c1)CC(=O)CN2C(C)=O. The van der Waals surface area contributed by atoms with Gasteiger partial charge in [-0.1, -0.05) is 0 Å². The summed E-state index contributed by atoms with van der Waals surface area (Å²) < 4.78 is 0. The molecule has 4 nitrogen and oxygen atoms in total. The molecule has 1 heterocycles. The van der Waals surface area contributed by atoms with Crippen molar-refractivity contribution < 1.29 is 9.59 Å². The van der Waals surface area contributed by atoms with Crippen molar-refractivity contribution >= 4 is 23.1 Å². The van der Waals surface area contributed by atoms with Crippen LogP contribution in [-0.2, 0) is 16.0 Å². The summed E-state index contributed by atoms with van der Waals surface area (Å²) in [7, 11) is 0. The van der Waals surface area contributed by atoms with Gasteiger partial charge in [0.05, 0.1) is 12.2 Å².